The van der Waals surface area contributed by atoms with Crippen LogP contribution in [0.1, 0.15) is 29.3 Å². The molecule has 120 valence electrons. The molecule has 0 radical (unpaired) electrons. The van der Waals surface area contributed by atoms with Crippen LogP contribution in [0.25, 0.3) is 0 Å². The van der Waals surface area contributed by atoms with E-state index in [0.29, 0.717) is 12.2 Å². The molecule has 2 aromatic carbocycles. The predicted molar refractivity (Wildman–Crippen MR) is 97.1 cm³/mol. The Hall–Kier alpha value is -2.40. The van der Waals surface area contributed by atoms with Crippen molar-refractivity contribution in [1.82, 2.24) is 5.32 Å². The Kier molecular flexibility index (Phi) is 6.11. The average Bonchev–Trinajstić information content (AvgIpc) is 2.54. The molecule has 2 aromatic rings. The molecule has 5 heteroatoms. The highest BCUT2D eigenvalue weighted by Gasteiger charge is 2.08. The molecule has 0 bridgehead atoms. The van der Waals surface area contributed by atoms with Crippen LogP contribution in [0.3, 0.4) is 0 Å². The molecule has 4 nitrogen and oxygen atoms in total. The van der Waals surface area contributed by atoms with Gasteiger partial charge in [0.15, 0.2) is 5.11 Å². The minimum absolute atomic E-state index is 0.228. The summed E-state index contributed by atoms with van der Waals surface area (Å²) in [4.78, 5) is 12.1. The number of hydrogen-bond donors (Lipinski definition) is 2. The summed E-state index contributed by atoms with van der Waals surface area (Å²) in [7, 11) is 0. The lowest BCUT2D eigenvalue weighted by Gasteiger charge is -2.11. The van der Waals surface area contributed by atoms with Crippen LogP contribution < -0.4 is 15.4 Å². The summed E-state index contributed by atoms with van der Waals surface area (Å²) in [6.45, 7) is 4.69. The van der Waals surface area contributed by atoms with E-state index in [4.69, 9.17) is 17.0 Å². The molecule has 0 aliphatic rings. The van der Waals surface area contributed by atoms with Crippen LogP contribution in [0.15, 0.2) is 48.5 Å². The molecule has 0 aliphatic carbocycles. The quantitative estimate of drug-likeness (QED) is 0.817. The van der Waals surface area contributed by atoms with Crippen LogP contribution in [0, 0.1) is 6.92 Å². The van der Waals surface area contributed by atoms with Crippen LogP contribution in [0.4, 0.5) is 5.69 Å². The Bertz CT molecular complexity index is 684. The molecule has 0 unspecified atom stereocenters. The van der Waals surface area contributed by atoms with Gasteiger partial charge in [-0.05, 0) is 62.0 Å². The van der Waals surface area contributed by atoms with E-state index in [1.807, 2.05) is 49.4 Å². The van der Waals surface area contributed by atoms with E-state index >= 15 is 0 Å². The lowest BCUT2D eigenvalue weighted by Crippen LogP contribution is -2.34. The van der Waals surface area contributed by atoms with Gasteiger partial charge in [-0.1, -0.05) is 24.6 Å². The van der Waals surface area contributed by atoms with Crippen LogP contribution >= 0.6 is 12.2 Å². The van der Waals surface area contributed by atoms with Gasteiger partial charge in [0.25, 0.3) is 5.91 Å². The van der Waals surface area contributed by atoms with Gasteiger partial charge in [-0.2, -0.15) is 0 Å². The van der Waals surface area contributed by atoms with Crippen molar-refractivity contribution in [1.29, 1.82) is 0 Å². The maximum Gasteiger partial charge on any atom is 0.257 e. The van der Waals surface area contributed by atoms with E-state index in [-0.39, 0.29) is 11.0 Å². The van der Waals surface area contributed by atoms with Crippen molar-refractivity contribution < 1.29 is 9.53 Å². The molecule has 23 heavy (non-hydrogen) atoms. The molecular weight excluding hydrogens is 308 g/mol. The number of ether oxygens (including phenoxy) is 1. The number of rotatable bonds is 5. The Morgan fingerprint density at radius 1 is 1.17 bits per heavy atom. The Labute approximate surface area is 141 Å². The van der Waals surface area contributed by atoms with Gasteiger partial charge in [0.05, 0.1) is 6.61 Å². The van der Waals surface area contributed by atoms with Crippen LogP contribution in [0.5, 0.6) is 5.75 Å². The maximum atomic E-state index is 12.1. The standard InChI is InChI=1S/C18H20N2O2S/c1-3-11-22-16-9-7-15(8-10-16)19-18(23)20-17(21)14-6-4-5-13(2)12-14/h4-10,12H,3,11H2,1-2H3,(H2,19,20,21,23). The molecule has 0 aliphatic heterocycles. The van der Waals surface area contributed by atoms with Crippen LogP contribution in [-0.4, -0.2) is 17.6 Å². The third-order valence-corrected chi connectivity index (χ3v) is 3.30. The van der Waals surface area contributed by atoms with Crippen LogP contribution in [0.2, 0.25) is 0 Å². The van der Waals surface area contributed by atoms with Crippen molar-refractivity contribution in [3.8, 4) is 5.75 Å². The lowest BCUT2D eigenvalue weighted by atomic mass is 10.1. The fraction of sp³-hybridized carbons (Fsp3) is 0.222. The van der Waals surface area contributed by atoms with E-state index in [0.717, 1.165) is 23.4 Å². The zero-order valence-electron chi connectivity index (χ0n) is 13.3. The molecule has 0 atom stereocenters. The molecule has 0 saturated heterocycles. The Balaban J connectivity index is 1.90. The fourth-order valence-corrected chi connectivity index (χ4v) is 2.19. The topological polar surface area (TPSA) is 50.4 Å². The number of benzene rings is 2. The first-order valence-electron chi connectivity index (χ1n) is 7.50. The smallest absolute Gasteiger partial charge is 0.257 e. The minimum atomic E-state index is -0.228. The largest absolute Gasteiger partial charge is 0.494 e. The van der Waals surface area contributed by atoms with Gasteiger partial charge in [0, 0.05) is 11.3 Å². The number of carbonyl (C=O) groups is 1. The summed E-state index contributed by atoms with van der Waals surface area (Å²) in [6.07, 6.45) is 0.967. The second kappa shape index (κ2) is 8.29. The van der Waals surface area contributed by atoms with Crippen molar-refractivity contribution in [3.05, 3.63) is 59.7 Å². The van der Waals surface area contributed by atoms with Gasteiger partial charge in [0.2, 0.25) is 0 Å². The third-order valence-electron chi connectivity index (χ3n) is 3.09. The summed E-state index contributed by atoms with van der Waals surface area (Å²) in [6, 6.07) is 14.8. The highest BCUT2D eigenvalue weighted by molar-refractivity contribution is 7.80. The van der Waals surface area contributed by atoms with Gasteiger partial charge < -0.3 is 10.1 Å². The fourth-order valence-electron chi connectivity index (χ4n) is 1.98. The van der Waals surface area contributed by atoms with E-state index in [2.05, 4.69) is 17.6 Å². The number of thiocarbonyl (C=S) groups is 1. The normalized spacial score (nSPS) is 10.0. The van der Waals surface area contributed by atoms with Crippen molar-refractivity contribution in [2.45, 2.75) is 20.3 Å². The van der Waals surface area contributed by atoms with Gasteiger partial charge >= 0.3 is 0 Å². The minimum Gasteiger partial charge on any atom is -0.494 e. The number of amides is 1. The van der Waals surface area contributed by atoms with Gasteiger partial charge in [-0.15, -0.1) is 0 Å². The Morgan fingerprint density at radius 2 is 1.91 bits per heavy atom. The van der Waals surface area contributed by atoms with Crippen molar-refractivity contribution >= 4 is 28.9 Å². The van der Waals surface area contributed by atoms with Gasteiger partial charge in [0.1, 0.15) is 5.75 Å². The first kappa shape index (κ1) is 17.0. The predicted octanol–water partition coefficient (Wildman–Crippen LogP) is 3.91. The summed E-state index contributed by atoms with van der Waals surface area (Å²) >= 11 is 5.17. The summed E-state index contributed by atoms with van der Waals surface area (Å²) < 4.78 is 5.52. The second-order valence-corrected chi connectivity index (χ2v) is 5.56. The molecule has 0 heterocycles. The van der Waals surface area contributed by atoms with E-state index in [9.17, 15) is 4.79 Å². The molecule has 2 rings (SSSR count). The SMILES string of the molecule is CCCOc1ccc(NC(=S)NC(=O)c2cccc(C)c2)cc1. The summed E-state index contributed by atoms with van der Waals surface area (Å²) in [5.74, 6) is 0.584. The maximum absolute atomic E-state index is 12.1. The number of hydrogen-bond acceptors (Lipinski definition) is 3. The summed E-state index contributed by atoms with van der Waals surface area (Å²) in [5.41, 5.74) is 2.40. The van der Waals surface area contributed by atoms with Crippen molar-refractivity contribution in [2.75, 3.05) is 11.9 Å². The lowest BCUT2D eigenvalue weighted by molar-refractivity contribution is 0.0977. The zero-order chi connectivity index (χ0) is 16.7. The van der Waals surface area contributed by atoms with E-state index in [1.165, 1.54) is 0 Å². The molecule has 0 spiro atoms. The zero-order valence-corrected chi connectivity index (χ0v) is 14.1. The number of anilines is 1. The first-order chi connectivity index (χ1) is 11.1. The van der Waals surface area contributed by atoms with Crippen LogP contribution in [-0.2, 0) is 0 Å². The second-order valence-electron chi connectivity index (χ2n) is 5.15. The average molecular weight is 328 g/mol. The number of carbonyl (C=O) groups excluding carboxylic acids is 1. The molecular formula is C18H20N2O2S. The first-order valence-corrected chi connectivity index (χ1v) is 7.91. The molecule has 0 aromatic heterocycles. The number of aryl methyl sites for hydroxylation is 1. The van der Waals surface area contributed by atoms with Crippen molar-refractivity contribution in [3.63, 3.8) is 0 Å². The molecule has 2 N–H and O–H groups in total. The van der Waals surface area contributed by atoms with E-state index < -0.39 is 0 Å². The third kappa shape index (κ3) is 5.38. The van der Waals surface area contributed by atoms with Gasteiger partial charge in [-0.3, -0.25) is 10.1 Å². The Morgan fingerprint density at radius 3 is 2.57 bits per heavy atom. The highest BCUT2D eigenvalue weighted by Crippen LogP contribution is 2.15. The molecule has 1 amide bonds. The molecule has 0 fully saturated rings. The number of nitrogens with one attached hydrogen (secondary N) is 2. The molecule has 0 saturated carbocycles. The highest BCUT2D eigenvalue weighted by atomic mass is 32.1. The monoisotopic (exact) mass is 328 g/mol. The summed E-state index contributed by atoms with van der Waals surface area (Å²) in [5, 5.41) is 5.92. The van der Waals surface area contributed by atoms with Gasteiger partial charge in [-0.25, -0.2) is 0 Å². The van der Waals surface area contributed by atoms with E-state index in [1.54, 1.807) is 6.07 Å². The van der Waals surface area contributed by atoms with Crippen molar-refractivity contribution in [2.24, 2.45) is 0 Å².